The van der Waals surface area contributed by atoms with Crippen LogP contribution < -0.4 is 21.3 Å². The molecule has 0 heterocycles. The van der Waals surface area contributed by atoms with Crippen LogP contribution in [0.2, 0.25) is 0 Å². The van der Waals surface area contributed by atoms with Gasteiger partial charge in [-0.15, -0.1) is 0 Å². The third-order valence-electron chi connectivity index (χ3n) is 12.6. The maximum Gasteiger partial charge on any atom is 0.229 e. The van der Waals surface area contributed by atoms with Crippen LogP contribution in [0, 0.1) is 58.7 Å². The molecular formula is C31H46N4O2S2. The lowest BCUT2D eigenvalue weighted by molar-refractivity contribution is -0.143. The minimum Gasteiger partial charge on any atom is -0.359 e. The van der Waals surface area contributed by atoms with Crippen molar-refractivity contribution in [1.29, 1.82) is 0 Å². The van der Waals surface area contributed by atoms with E-state index in [-0.39, 0.29) is 34.6 Å². The molecule has 2 unspecified atom stereocenters. The number of hydrogen-bond acceptors (Lipinski definition) is 4. The second-order valence-corrected chi connectivity index (χ2v) is 16.4. The van der Waals surface area contributed by atoms with Crippen molar-refractivity contribution >= 4 is 46.5 Å². The van der Waals surface area contributed by atoms with Gasteiger partial charge >= 0.3 is 0 Å². The highest BCUT2D eigenvalue weighted by molar-refractivity contribution is 7.80. The van der Waals surface area contributed by atoms with E-state index < -0.39 is 0 Å². The van der Waals surface area contributed by atoms with Gasteiger partial charge in [0.25, 0.3) is 0 Å². The SMILES string of the molecule is CC1(C)C(CC(=O)NC(=S)NC2C3CC4CC(C3)CC2C4)CC1C(=O)NC(=S)NC12CC3CC(CC(C3)C1)C2. The molecule has 9 aliphatic carbocycles. The minimum absolute atomic E-state index is 0.00189. The molecule has 0 radical (unpaired) electrons. The number of rotatable bonds is 5. The summed E-state index contributed by atoms with van der Waals surface area (Å²) in [5, 5.41) is 14.2. The summed E-state index contributed by atoms with van der Waals surface area (Å²) in [6, 6.07) is 0.426. The fraction of sp³-hybridized carbons (Fsp3) is 0.871. The quantitative estimate of drug-likeness (QED) is 0.355. The molecule has 0 spiro atoms. The lowest BCUT2D eigenvalue weighted by atomic mass is 9.53. The molecule has 0 aromatic heterocycles. The molecule has 2 atom stereocenters. The summed E-state index contributed by atoms with van der Waals surface area (Å²) in [6.45, 7) is 4.22. The van der Waals surface area contributed by atoms with Gasteiger partial charge < -0.3 is 21.3 Å². The Morgan fingerprint density at radius 2 is 1.26 bits per heavy atom. The highest BCUT2D eigenvalue weighted by Gasteiger charge is 2.54. The zero-order valence-corrected chi connectivity index (χ0v) is 25.2. The van der Waals surface area contributed by atoms with Crippen LogP contribution >= 0.6 is 24.4 Å². The standard InChI is InChI=1S/C31H46N4O2S2/c1-30(2)23(12-25(36)32-28(38)33-26-21-7-16-3-17(9-21)10-22(26)8-16)11-24(30)27(37)34-29(39)35-31-13-18-4-19(14-31)6-20(5-18)15-31/h16-24,26H,3-15H2,1-2H3,(H2,32,33,36,38)(H2,34,35,37,39). The number of thiocarbonyl (C=S) groups is 2. The van der Waals surface area contributed by atoms with Crippen LogP contribution in [0.4, 0.5) is 0 Å². The van der Waals surface area contributed by atoms with E-state index in [1.807, 2.05) is 0 Å². The molecule has 8 bridgehead atoms. The van der Waals surface area contributed by atoms with Crippen molar-refractivity contribution in [2.75, 3.05) is 0 Å². The molecule has 0 aromatic rings. The van der Waals surface area contributed by atoms with Crippen molar-refractivity contribution < 1.29 is 9.59 Å². The van der Waals surface area contributed by atoms with Crippen LogP contribution in [0.1, 0.15) is 97.3 Å². The van der Waals surface area contributed by atoms with E-state index in [4.69, 9.17) is 24.4 Å². The lowest BCUT2D eigenvalue weighted by Crippen LogP contribution is -2.63. The van der Waals surface area contributed by atoms with Crippen LogP contribution in [-0.4, -0.2) is 33.6 Å². The first-order valence-corrected chi connectivity index (χ1v) is 16.6. The summed E-state index contributed by atoms with van der Waals surface area (Å²) in [7, 11) is 0. The Balaban J connectivity index is 0.868. The van der Waals surface area contributed by atoms with Gasteiger partial charge in [0.05, 0.1) is 0 Å². The van der Waals surface area contributed by atoms with Crippen LogP contribution in [0.25, 0.3) is 0 Å². The van der Waals surface area contributed by atoms with Crippen LogP contribution in [0.3, 0.4) is 0 Å². The molecule has 9 rings (SSSR count). The zero-order valence-electron chi connectivity index (χ0n) is 23.6. The first-order chi connectivity index (χ1) is 18.5. The van der Waals surface area contributed by atoms with Gasteiger partial charge in [0.1, 0.15) is 0 Å². The Morgan fingerprint density at radius 3 is 1.79 bits per heavy atom. The topological polar surface area (TPSA) is 82.3 Å². The number of carbonyl (C=O) groups is 2. The average molecular weight is 571 g/mol. The first kappa shape index (κ1) is 26.6. The van der Waals surface area contributed by atoms with Crippen molar-refractivity contribution in [1.82, 2.24) is 21.3 Å². The third kappa shape index (κ3) is 4.93. The maximum absolute atomic E-state index is 13.2. The molecule has 2 amide bonds. The van der Waals surface area contributed by atoms with Gasteiger partial charge in [-0.1, -0.05) is 13.8 Å². The second-order valence-electron chi connectivity index (χ2n) is 15.6. The van der Waals surface area contributed by atoms with E-state index in [0.717, 1.165) is 29.6 Å². The summed E-state index contributed by atoms with van der Waals surface area (Å²) in [6.07, 6.45) is 15.6. The Labute approximate surface area is 244 Å². The molecule has 9 aliphatic rings. The van der Waals surface area contributed by atoms with Gasteiger partial charge in [-0.3, -0.25) is 9.59 Å². The largest absolute Gasteiger partial charge is 0.359 e. The molecular weight excluding hydrogens is 525 g/mol. The van der Waals surface area contributed by atoms with Crippen LogP contribution in [0.5, 0.6) is 0 Å². The smallest absolute Gasteiger partial charge is 0.229 e. The Kier molecular flexibility index (Phi) is 6.58. The number of amides is 2. The second kappa shape index (κ2) is 9.64. The van der Waals surface area contributed by atoms with E-state index >= 15 is 0 Å². The van der Waals surface area contributed by atoms with Crippen molar-refractivity contribution in [3.05, 3.63) is 0 Å². The van der Waals surface area contributed by atoms with Crippen molar-refractivity contribution in [2.45, 2.75) is 109 Å². The summed E-state index contributed by atoms with van der Waals surface area (Å²) in [4.78, 5) is 26.1. The van der Waals surface area contributed by atoms with E-state index in [0.29, 0.717) is 40.9 Å². The van der Waals surface area contributed by atoms with Crippen LogP contribution in [-0.2, 0) is 9.59 Å². The molecule has 8 heteroatoms. The first-order valence-electron chi connectivity index (χ1n) is 15.8. The monoisotopic (exact) mass is 570 g/mol. The van der Waals surface area contributed by atoms with Crippen LogP contribution in [0.15, 0.2) is 0 Å². The highest BCUT2D eigenvalue weighted by Crippen LogP contribution is 2.56. The maximum atomic E-state index is 13.2. The van der Waals surface area contributed by atoms with Crippen molar-refractivity contribution in [2.24, 2.45) is 58.7 Å². The summed E-state index contributed by atoms with van der Waals surface area (Å²) < 4.78 is 0. The van der Waals surface area contributed by atoms with Crippen molar-refractivity contribution in [3.63, 3.8) is 0 Å². The van der Waals surface area contributed by atoms with Gasteiger partial charge in [-0.2, -0.15) is 0 Å². The van der Waals surface area contributed by atoms with E-state index in [9.17, 15) is 9.59 Å². The number of carbonyl (C=O) groups excluding carboxylic acids is 2. The van der Waals surface area contributed by atoms with E-state index in [1.165, 1.54) is 70.6 Å². The Morgan fingerprint density at radius 1 is 0.718 bits per heavy atom. The van der Waals surface area contributed by atoms with Crippen molar-refractivity contribution in [3.8, 4) is 0 Å². The molecule has 9 fully saturated rings. The third-order valence-corrected chi connectivity index (χ3v) is 13.1. The molecule has 214 valence electrons. The molecule has 39 heavy (non-hydrogen) atoms. The summed E-state index contributed by atoms with van der Waals surface area (Å²) in [5.74, 6) is 5.73. The predicted molar refractivity (Wildman–Crippen MR) is 159 cm³/mol. The molecule has 4 N–H and O–H groups in total. The van der Waals surface area contributed by atoms with E-state index in [2.05, 4.69) is 35.1 Å². The van der Waals surface area contributed by atoms with E-state index in [1.54, 1.807) is 0 Å². The van der Waals surface area contributed by atoms with Gasteiger partial charge in [0.15, 0.2) is 10.2 Å². The summed E-state index contributed by atoms with van der Waals surface area (Å²) in [5.41, 5.74) is -0.161. The van der Waals surface area contributed by atoms with Gasteiger partial charge in [0, 0.05) is 23.9 Å². The fourth-order valence-electron chi connectivity index (χ4n) is 11.3. The predicted octanol–water partition coefficient (Wildman–Crippen LogP) is 4.81. The zero-order chi connectivity index (χ0) is 27.1. The van der Waals surface area contributed by atoms with Gasteiger partial charge in [0.2, 0.25) is 11.8 Å². The average Bonchev–Trinajstić information content (AvgIpc) is 2.82. The molecule has 0 aliphatic heterocycles. The minimum atomic E-state index is -0.256. The molecule has 0 saturated heterocycles. The van der Waals surface area contributed by atoms with Gasteiger partial charge in [-0.05, 0) is 154 Å². The normalized spacial score (nSPS) is 45.8. The molecule has 0 aromatic carbocycles. The highest BCUT2D eigenvalue weighted by atomic mass is 32.1. The Bertz CT molecular complexity index is 1010. The number of nitrogens with one attached hydrogen (secondary N) is 4. The lowest BCUT2D eigenvalue weighted by Gasteiger charge is -2.57. The molecule has 9 saturated carbocycles. The molecule has 6 nitrogen and oxygen atoms in total. The Hall–Kier alpha value is -1.28. The number of hydrogen-bond donors (Lipinski definition) is 4. The fourth-order valence-corrected chi connectivity index (χ4v) is 11.9. The summed E-state index contributed by atoms with van der Waals surface area (Å²) >= 11 is 11.2. The van der Waals surface area contributed by atoms with Gasteiger partial charge in [-0.25, -0.2) is 0 Å².